The van der Waals surface area contributed by atoms with E-state index in [1.54, 1.807) is 31.3 Å². The molecule has 106 valence electrons. The van der Waals surface area contributed by atoms with Crippen molar-refractivity contribution in [1.82, 2.24) is 5.32 Å². The standard InChI is InChI=1S/C14H16N2O3S/c1-8(2)12(13(17)18)16-14(19)15-10-3-4-11-9(7-10)5-6-20-11/h3-8,12H,1-2H3,(H,17,18)(H2,15,16,19)/t12-/m0/s1. The van der Waals surface area contributed by atoms with E-state index in [0.717, 1.165) is 10.1 Å². The van der Waals surface area contributed by atoms with Crippen molar-refractivity contribution in [3.63, 3.8) is 0 Å². The number of carboxylic acids is 1. The number of carboxylic acid groups (broad SMARTS) is 1. The molecule has 6 heteroatoms. The van der Waals surface area contributed by atoms with Crippen LogP contribution in [-0.2, 0) is 4.79 Å². The molecule has 5 nitrogen and oxygen atoms in total. The zero-order valence-corrected chi connectivity index (χ0v) is 12.0. The molecule has 0 spiro atoms. The second-order valence-corrected chi connectivity index (χ2v) is 5.78. The van der Waals surface area contributed by atoms with Crippen LogP contribution < -0.4 is 10.6 Å². The average molecular weight is 292 g/mol. The second kappa shape index (κ2) is 5.92. The van der Waals surface area contributed by atoms with Crippen molar-refractivity contribution in [1.29, 1.82) is 0 Å². The van der Waals surface area contributed by atoms with Crippen LogP contribution in [-0.4, -0.2) is 23.1 Å². The zero-order chi connectivity index (χ0) is 14.7. The van der Waals surface area contributed by atoms with E-state index >= 15 is 0 Å². The molecule has 20 heavy (non-hydrogen) atoms. The minimum atomic E-state index is -1.04. The number of hydrogen-bond donors (Lipinski definition) is 3. The van der Waals surface area contributed by atoms with Gasteiger partial charge in [-0.1, -0.05) is 13.8 Å². The molecule has 1 aromatic carbocycles. The fourth-order valence-electron chi connectivity index (χ4n) is 1.87. The lowest BCUT2D eigenvalue weighted by molar-refractivity contribution is -0.140. The Morgan fingerprint density at radius 1 is 1.25 bits per heavy atom. The van der Waals surface area contributed by atoms with Crippen LogP contribution in [0.3, 0.4) is 0 Å². The van der Waals surface area contributed by atoms with Crippen molar-refractivity contribution < 1.29 is 14.7 Å². The fraction of sp³-hybridized carbons (Fsp3) is 0.286. The number of urea groups is 1. The molecule has 0 aliphatic carbocycles. The van der Waals surface area contributed by atoms with E-state index < -0.39 is 18.0 Å². The Kier molecular flexibility index (Phi) is 4.24. The van der Waals surface area contributed by atoms with Crippen LogP contribution in [0.2, 0.25) is 0 Å². The van der Waals surface area contributed by atoms with Crippen LogP contribution in [0.25, 0.3) is 10.1 Å². The van der Waals surface area contributed by atoms with Gasteiger partial charge in [-0.2, -0.15) is 0 Å². The van der Waals surface area contributed by atoms with Crippen LogP contribution >= 0.6 is 11.3 Å². The fourth-order valence-corrected chi connectivity index (χ4v) is 2.64. The van der Waals surface area contributed by atoms with Crippen molar-refractivity contribution >= 4 is 39.1 Å². The number of nitrogens with one attached hydrogen (secondary N) is 2. The molecule has 2 amide bonds. The van der Waals surface area contributed by atoms with Crippen molar-refractivity contribution in [3.8, 4) is 0 Å². The van der Waals surface area contributed by atoms with Crippen LogP contribution in [0.5, 0.6) is 0 Å². The Hall–Kier alpha value is -2.08. The van der Waals surface area contributed by atoms with E-state index in [-0.39, 0.29) is 5.92 Å². The first-order chi connectivity index (χ1) is 9.47. The summed E-state index contributed by atoms with van der Waals surface area (Å²) in [6, 6.07) is 6.13. The van der Waals surface area contributed by atoms with Gasteiger partial charge in [-0.15, -0.1) is 11.3 Å². The lowest BCUT2D eigenvalue weighted by Gasteiger charge is -2.18. The maximum absolute atomic E-state index is 11.8. The number of thiophene rings is 1. The van der Waals surface area contributed by atoms with Gasteiger partial charge in [0.1, 0.15) is 6.04 Å². The normalized spacial score (nSPS) is 12.3. The third kappa shape index (κ3) is 3.27. The lowest BCUT2D eigenvalue weighted by Crippen LogP contribution is -2.46. The summed E-state index contributed by atoms with van der Waals surface area (Å²) >= 11 is 1.63. The predicted molar refractivity (Wildman–Crippen MR) is 80.2 cm³/mol. The number of fused-ring (bicyclic) bond motifs is 1. The van der Waals surface area contributed by atoms with Crippen LogP contribution in [0, 0.1) is 5.92 Å². The zero-order valence-electron chi connectivity index (χ0n) is 11.2. The molecule has 0 saturated carbocycles. The third-order valence-corrected chi connectivity index (χ3v) is 3.83. The van der Waals surface area contributed by atoms with Gasteiger partial charge in [0, 0.05) is 10.4 Å². The van der Waals surface area contributed by atoms with Crippen LogP contribution in [0.1, 0.15) is 13.8 Å². The Morgan fingerprint density at radius 2 is 2.00 bits per heavy atom. The first-order valence-corrected chi connectivity index (χ1v) is 7.13. The van der Waals surface area contributed by atoms with E-state index in [2.05, 4.69) is 10.6 Å². The Bertz CT molecular complexity index is 636. The third-order valence-electron chi connectivity index (χ3n) is 2.93. The van der Waals surface area contributed by atoms with Gasteiger partial charge in [-0.3, -0.25) is 0 Å². The molecule has 1 aromatic heterocycles. The topological polar surface area (TPSA) is 78.4 Å². The van der Waals surface area contributed by atoms with Gasteiger partial charge < -0.3 is 15.7 Å². The molecule has 0 saturated heterocycles. The largest absolute Gasteiger partial charge is 0.480 e. The molecule has 0 aliphatic rings. The number of carbonyl (C=O) groups excluding carboxylic acids is 1. The van der Waals surface area contributed by atoms with Gasteiger partial charge in [-0.25, -0.2) is 9.59 Å². The lowest BCUT2D eigenvalue weighted by atomic mass is 10.1. The van der Waals surface area contributed by atoms with Crippen LogP contribution in [0.15, 0.2) is 29.6 Å². The molecule has 2 rings (SSSR count). The molecule has 0 fully saturated rings. The molecular formula is C14H16N2O3S. The maximum Gasteiger partial charge on any atom is 0.326 e. The smallest absolute Gasteiger partial charge is 0.326 e. The highest BCUT2D eigenvalue weighted by Gasteiger charge is 2.23. The Labute approximate surface area is 120 Å². The molecule has 1 atom stereocenters. The summed E-state index contributed by atoms with van der Waals surface area (Å²) in [5.41, 5.74) is 0.640. The number of aliphatic carboxylic acids is 1. The molecule has 0 bridgehead atoms. The number of anilines is 1. The van der Waals surface area contributed by atoms with E-state index in [0.29, 0.717) is 5.69 Å². The highest BCUT2D eigenvalue weighted by Crippen LogP contribution is 2.23. The van der Waals surface area contributed by atoms with Gasteiger partial charge in [0.15, 0.2) is 0 Å². The number of amides is 2. The summed E-state index contributed by atoms with van der Waals surface area (Å²) in [6.07, 6.45) is 0. The van der Waals surface area contributed by atoms with Gasteiger partial charge in [0.2, 0.25) is 0 Å². The van der Waals surface area contributed by atoms with Crippen molar-refractivity contribution in [3.05, 3.63) is 29.6 Å². The molecule has 2 aromatic rings. The summed E-state index contributed by atoms with van der Waals surface area (Å²) in [4.78, 5) is 22.9. The van der Waals surface area contributed by atoms with Crippen molar-refractivity contribution in [2.24, 2.45) is 5.92 Å². The molecule has 0 aliphatic heterocycles. The highest BCUT2D eigenvalue weighted by atomic mass is 32.1. The first-order valence-electron chi connectivity index (χ1n) is 6.25. The number of rotatable bonds is 4. The number of carbonyl (C=O) groups is 2. The van der Waals surface area contributed by atoms with E-state index in [9.17, 15) is 9.59 Å². The van der Waals surface area contributed by atoms with Crippen LogP contribution in [0.4, 0.5) is 10.5 Å². The summed E-state index contributed by atoms with van der Waals surface area (Å²) in [7, 11) is 0. The highest BCUT2D eigenvalue weighted by molar-refractivity contribution is 7.17. The van der Waals surface area contributed by atoms with Gasteiger partial charge in [-0.05, 0) is 40.9 Å². The van der Waals surface area contributed by atoms with Gasteiger partial charge in [0.05, 0.1) is 0 Å². The number of hydrogen-bond acceptors (Lipinski definition) is 3. The Balaban J connectivity index is 2.05. The minimum absolute atomic E-state index is 0.183. The molecule has 0 unspecified atom stereocenters. The van der Waals surface area contributed by atoms with Crippen molar-refractivity contribution in [2.45, 2.75) is 19.9 Å². The average Bonchev–Trinajstić information content (AvgIpc) is 2.82. The Morgan fingerprint density at radius 3 is 2.65 bits per heavy atom. The summed E-state index contributed by atoms with van der Waals surface area (Å²) < 4.78 is 1.14. The summed E-state index contributed by atoms with van der Waals surface area (Å²) in [5, 5.41) is 17.2. The molecular weight excluding hydrogens is 276 g/mol. The first kappa shape index (κ1) is 14.3. The monoisotopic (exact) mass is 292 g/mol. The number of benzene rings is 1. The molecule has 0 radical (unpaired) electrons. The molecule has 1 heterocycles. The van der Waals surface area contributed by atoms with Crippen molar-refractivity contribution in [2.75, 3.05) is 5.32 Å². The summed E-state index contributed by atoms with van der Waals surface area (Å²) in [5.74, 6) is -1.22. The molecule has 3 N–H and O–H groups in total. The SMILES string of the molecule is CC(C)[C@H](NC(=O)Nc1ccc2sccc2c1)C(=O)O. The summed E-state index contributed by atoms with van der Waals surface area (Å²) in [6.45, 7) is 3.49. The second-order valence-electron chi connectivity index (χ2n) is 4.83. The minimum Gasteiger partial charge on any atom is -0.480 e. The quantitative estimate of drug-likeness (QED) is 0.810. The maximum atomic E-state index is 11.8. The van der Waals surface area contributed by atoms with Gasteiger partial charge >= 0.3 is 12.0 Å². The predicted octanol–water partition coefficient (Wildman–Crippen LogP) is 3.13. The van der Waals surface area contributed by atoms with E-state index in [1.165, 1.54) is 0 Å². The van der Waals surface area contributed by atoms with E-state index in [4.69, 9.17) is 5.11 Å². The van der Waals surface area contributed by atoms with Gasteiger partial charge in [0.25, 0.3) is 0 Å². The van der Waals surface area contributed by atoms with E-state index in [1.807, 2.05) is 23.6 Å².